The maximum absolute atomic E-state index is 12.6. The third kappa shape index (κ3) is 4.27. The number of nitrogens with one attached hydrogen (secondary N) is 1. The number of carbonyl (C=O) groups is 1. The number of imidazole rings is 1. The topological polar surface area (TPSA) is 126 Å². The Morgan fingerprint density at radius 3 is 2.41 bits per heavy atom. The number of rotatable bonds is 5. The van der Waals surface area contributed by atoms with Gasteiger partial charge in [-0.05, 0) is 45.6 Å². The summed E-state index contributed by atoms with van der Waals surface area (Å²) in [6.45, 7) is 3.77. The lowest BCUT2D eigenvalue weighted by Gasteiger charge is -2.29. The van der Waals surface area contributed by atoms with Gasteiger partial charge in [0.2, 0.25) is 5.91 Å². The first kappa shape index (κ1) is 21.7. The van der Waals surface area contributed by atoms with E-state index in [4.69, 9.17) is 4.74 Å². The van der Waals surface area contributed by atoms with Crippen molar-refractivity contribution < 1.29 is 9.53 Å². The molecule has 0 unspecified atom stereocenters. The highest BCUT2D eigenvalue weighted by atomic mass is 16.5. The number of hydrogen-bond acceptors (Lipinski definition) is 7. The second kappa shape index (κ2) is 8.56. The summed E-state index contributed by atoms with van der Waals surface area (Å²) in [4.78, 5) is 50.0. The summed E-state index contributed by atoms with van der Waals surface area (Å²) in [5.74, 6) is -0.206. The van der Waals surface area contributed by atoms with E-state index in [1.54, 1.807) is 7.05 Å². The Morgan fingerprint density at radius 1 is 1.09 bits per heavy atom. The highest BCUT2D eigenvalue weighted by Crippen LogP contribution is 2.22. The molecule has 0 bridgehead atoms. The Morgan fingerprint density at radius 2 is 1.75 bits per heavy atom. The number of aryl methyl sites for hydroxylation is 3. The fourth-order valence-corrected chi connectivity index (χ4v) is 4.17. The van der Waals surface area contributed by atoms with Gasteiger partial charge >= 0.3 is 11.7 Å². The second-order valence-corrected chi connectivity index (χ2v) is 8.34. The molecule has 11 heteroatoms. The summed E-state index contributed by atoms with van der Waals surface area (Å²) in [6, 6.07) is 2.33. The largest absolute Gasteiger partial charge is 0.460 e. The quantitative estimate of drug-likeness (QED) is 0.605. The van der Waals surface area contributed by atoms with Gasteiger partial charge in [-0.2, -0.15) is 0 Å². The monoisotopic (exact) mass is 441 g/mol. The molecule has 0 radical (unpaired) electrons. The molecule has 3 heterocycles. The van der Waals surface area contributed by atoms with Crippen LogP contribution in [0.3, 0.4) is 0 Å². The smallest absolute Gasteiger partial charge is 0.332 e. The lowest BCUT2D eigenvalue weighted by atomic mass is 9.93. The Balaban J connectivity index is 1.36. The average Bonchev–Trinajstić information content (AvgIpc) is 3.15. The predicted octanol–water partition coefficient (Wildman–Crippen LogP) is 0.347. The van der Waals surface area contributed by atoms with Crippen LogP contribution in [0.4, 0.5) is 0 Å². The molecule has 0 aromatic carbocycles. The lowest BCUT2D eigenvalue weighted by molar-refractivity contribution is -0.122. The molecule has 0 atom stereocenters. The zero-order valence-corrected chi connectivity index (χ0v) is 18.7. The van der Waals surface area contributed by atoms with Gasteiger partial charge in [-0.3, -0.25) is 18.7 Å². The van der Waals surface area contributed by atoms with Crippen molar-refractivity contribution in [2.24, 2.45) is 14.1 Å². The zero-order chi connectivity index (χ0) is 23.0. The van der Waals surface area contributed by atoms with Gasteiger partial charge in [-0.1, -0.05) is 0 Å². The summed E-state index contributed by atoms with van der Waals surface area (Å²) in [7, 11) is 2.95. The van der Waals surface area contributed by atoms with Crippen LogP contribution >= 0.6 is 0 Å². The molecule has 1 aliphatic carbocycles. The number of fused-ring (bicyclic) bond motifs is 1. The molecule has 0 aliphatic heterocycles. The molecule has 4 rings (SSSR count). The van der Waals surface area contributed by atoms with Crippen LogP contribution in [-0.2, 0) is 25.4 Å². The van der Waals surface area contributed by atoms with Crippen molar-refractivity contribution in [3.63, 3.8) is 0 Å². The molecule has 1 fully saturated rings. The molecule has 3 aromatic heterocycles. The molecule has 0 saturated heterocycles. The van der Waals surface area contributed by atoms with Crippen LogP contribution < -0.4 is 21.3 Å². The second-order valence-electron chi connectivity index (χ2n) is 8.34. The average molecular weight is 441 g/mol. The molecular formula is C21H27N7O4. The van der Waals surface area contributed by atoms with Gasteiger partial charge in [0.1, 0.15) is 12.6 Å². The van der Waals surface area contributed by atoms with Crippen molar-refractivity contribution in [1.29, 1.82) is 0 Å². The van der Waals surface area contributed by atoms with Crippen LogP contribution in [0.5, 0.6) is 6.01 Å². The Bertz CT molecular complexity index is 1260. The van der Waals surface area contributed by atoms with Crippen LogP contribution in [0.25, 0.3) is 11.2 Å². The number of ether oxygens (including phenoxy) is 1. The van der Waals surface area contributed by atoms with Gasteiger partial charge in [-0.15, -0.1) is 0 Å². The minimum absolute atomic E-state index is 0.0197. The van der Waals surface area contributed by atoms with E-state index in [1.807, 2.05) is 19.9 Å². The van der Waals surface area contributed by atoms with Gasteiger partial charge in [0, 0.05) is 31.5 Å². The van der Waals surface area contributed by atoms with E-state index in [0.717, 1.165) is 41.6 Å². The highest BCUT2D eigenvalue weighted by Gasteiger charge is 2.25. The van der Waals surface area contributed by atoms with Crippen LogP contribution in [0.1, 0.15) is 37.1 Å². The summed E-state index contributed by atoms with van der Waals surface area (Å²) in [5, 5.41) is 3.03. The van der Waals surface area contributed by atoms with E-state index in [2.05, 4.69) is 20.3 Å². The first-order chi connectivity index (χ1) is 15.2. The van der Waals surface area contributed by atoms with E-state index in [1.165, 1.54) is 22.5 Å². The van der Waals surface area contributed by atoms with Crippen LogP contribution in [-0.4, -0.2) is 46.7 Å². The molecular weight excluding hydrogens is 414 g/mol. The van der Waals surface area contributed by atoms with Crippen molar-refractivity contribution in [3.8, 4) is 6.01 Å². The van der Waals surface area contributed by atoms with Crippen molar-refractivity contribution >= 4 is 17.1 Å². The Labute approximate surface area is 184 Å². The van der Waals surface area contributed by atoms with Gasteiger partial charge in [0.15, 0.2) is 11.2 Å². The van der Waals surface area contributed by atoms with Crippen molar-refractivity contribution in [2.75, 3.05) is 0 Å². The molecule has 3 aromatic rings. The number of aromatic nitrogens is 6. The normalized spacial score (nSPS) is 18.6. The SMILES string of the molecule is Cc1cc(C)nc(OC2CCC(NC(=O)Cn3cnc4c3c(=O)n(C)c(=O)n4C)CC2)n1. The minimum atomic E-state index is -0.473. The van der Waals surface area contributed by atoms with E-state index in [0.29, 0.717) is 6.01 Å². The van der Waals surface area contributed by atoms with E-state index in [9.17, 15) is 14.4 Å². The molecule has 170 valence electrons. The first-order valence-electron chi connectivity index (χ1n) is 10.6. The van der Waals surface area contributed by atoms with E-state index in [-0.39, 0.29) is 35.8 Å². The van der Waals surface area contributed by atoms with Gasteiger partial charge in [0.25, 0.3) is 5.56 Å². The summed E-state index contributed by atoms with van der Waals surface area (Å²) in [5.41, 5.74) is 1.31. The lowest BCUT2D eigenvalue weighted by Crippen LogP contribution is -2.41. The molecule has 1 aliphatic rings. The molecule has 0 spiro atoms. The van der Waals surface area contributed by atoms with Crippen molar-refractivity contribution in [1.82, 2.24) is 34.0 Å². The Hall–Kier alpha value is -3.50. The molecule has 1 N–H and O–H groups in total. The summed E-state index contributed by atoms with van der Waals surface area (Å²) in [6.07, 6.45) is 4.58. The molecule has 1 saturated carbocycles. The van der Waals surface area contributed by atoms with Crippen molar-refractivity contribution in [2.45, 2.75) is 58.2 Å². The number of hydrogen-bond donors (Lipinski definition) is 1. The molecule has 32 heavy (non-hydrogen) atoms. The zero-order valence-electron chi connectivity index (χ0n) is 18.7. The number of nitrogens with zero attached hydrogens (tertiary/aromatic N) is 6. The Kier molecular flexibility index (Phi) is 5.81. The van der Waals surface area contributed by atoms with Gasteiger partial charge < -0.3 is 14.6 Å². The third-order valence-electron chi connectivity index (χ3n) is 5.80. The molecule has 11 nitrogen and oxygen atoms in total. The number of amides is 1. The van der Waals surface area contributed by atoms with Gasteiger partial charge in [0.05, 0.1) is 6.33 Å². The predicted molar refractivity (Wildman–Crippen MR) is 117 cm³/mol. The van der Waals surface area contributed by atoms with E-state index < -0.39 is 11.2 Å². The van der Waals surface area contributed by atoms with Gasteiger partial charge in [-0.25, -0.2) is 19.7 Å². The maximum Gasteiger partial charge on any atom is 0.332 e. The highest BCUT2D eigenvalue weighted by molar-refractivity contribution is 5.79. The summed E-state index contributed by atoms with van der Waals surface area (Å²) >= 11 is 0. The fourth-order valence-electron chi connectivity index (χ4n) is 4.17. The fraction of sp³-hybridized carbons (Fsp3) is 0.524. The number of carbonyl (C=O) groups excluding carboxylic acids is 1. The maximum atomic E-state index is 12.6. The molecule has 1 amide bonds. The van der Waals surface area contributed by atoms with Crippen LogP contribution in [0.2, 0.25) is 0 Å². The standard InChI is InChI=1S/C21H27N7O4/c1-12-9-13(2)24-20(23-12)32-15-7-5-14(6-8-15)25-16(29)10-28-11-22-18-17(28)19(30)27(4)21(31)26(18)3/h9,11,14-15H,5-8,10H2,1-4H3,(H,25,29). The van der Waals surface area contributed by atoms with E-state index >= 15 is 0 Å². The first-order valence-corrected chi connectivity index (χ1v) is 10.6. The summed E-state index contributed by atoms with van der Waals surface area (Å²) < 4.78 is 9.73. The third-order valence-corrected chi connectivity index (χ3v) is 5.80. The van der Waals surface area contributed by atoms with Crippen LogP contribution in [0.15, 0.2) is 22.0 Å². The minimum Gasteiger partial charge on any atom is -0.460 e. The van der Waals surface area contributed by atoms with Crippen LogP contribution in [0, 0.1) is 13.8 Å². The van der Waals surface area contributed by atoms with Crippen molar-refractivity contribution in [3.05, 3.63) is 44.6 Å².